The van der Waals surface area contributed by atoms with Crippen LogP contribution in [0.25, 0.3) is 0 Å². The Morgan fingerprint density at radius 1 is 1.24 bits per heavy atom. The molecule has 0 aromatic heterocycles. The van der Waals surface area contributed by atoms with E-state index in [1.165, 1.54) is 12.1 Å². The molecule has 0 radical (unpaired) electrons. The third kappa shape index (κ3) is 3.52. The van der Waals surface area contributed by atoms with Crippen molar-refractivity contribution < 1.29 is 9.66 Å². The molecule has 110 valence electrons. The zero-order valence-electron chi connectivity index (χ0n) is 11.7. The third-order valence-corrected chi connectivity index (χ3v) is 3.51. The molecule has 0 aliphatic carbocycles. The highest BCUT2D eigenvalue weighted by atomic mass is 79.9. The van der Waals surface area contributed by atoms with Gasteiger partial charge in [0.05, 0.1) is 4.92 Å². The van der Waals surface area contributed by atoms with Crippen molar-refractivity contribution in [2.75, 3.05) is 5.73 Å². The van der Waals surface area contributed by atoms with E-state index in [4.69, 9.17) is 10.5 Å². The SMILES string of the molecule is CC(C)c1cc(Br)ccc1Oc1ccc([N+](=O)[O-])c(N)c1. The zero-order valence-corrected chi connectivity index (χ0v) is 13.3. The number of hydrogen-bond donors (Lipinski definition) is 1. The van der Waals surface area contributed by atoms with Gasteiger partial charge in [0.15, 0.2) is 0 Å². The number of nitro groups is 1. The summed E-state index contributed by atoms with van der Waals surface area (Å²) < 4.78 is 6.79. The van der Waals surface area contributed by atoms with Gasteiger partial charge in [0.2, 0.25) is 0 Å². The molecule has 0 spiro atoms. The molecule has 21 heavy (non-hydrogen) atoms. The molecule has 0 amide bonds. The lowest BCUT2D eigenvalue weighted by atomic mass is 10.0. The number of nitrogen functional groups attached to an aromatic ring is 1. The van der Waals surface area contributed by atoms with Crippen molar-refractivity contribution in [1.29, 1.82) is 0 Å². The van der Waals surface area contributed by atoms with Crippen LogP contribution >= 0.6 is 15.9 Å². The van der Waals surface area contributed by atoms with Gasteiger partial charge in [-0.3, -0.25) is 10.1 Å². The quantitative estimate of drug-likeness (QED) is 0.485. The summed E-state index contributed by atoms with van der Waals surface area (Å²) in [6.45, 7) is 4.14. The Bertz CT molecular complexity index is 687. The van der Waals surface area contributed by atoms with Crippen LogP contribution in [-0.4, -0.2) is 4.92 Å². The molecule has 0 unspecified atom stereocenters. The first kappa shape index (κ1) is 15.3. The Kier molecular flexibility index (Phi) is 4.47. The first-order chi connectivity index (χ1) is 9.88. The summed E-state index contributed by atoms with van der Waals surface area (Å²) in [5.74, 6) is 1.47. The maximum atomic E-state index is 10.8. The second kappa shape index (κ2) is 6.13. The molecule has 2 N–H and O–H groups in total. The van der Waals surface area contributed by atoms with Gasteiger partial charge >= 0.3 is 0 Å². The average molecular weight is 351 g/mol. The molecular weight excluding hydrogens is 336 g/mol. The maximum Gasteiger partial charge on any atom is 0.292 e. The Morgan fingerprint density at radius 3 is 2.52 bits per heavy atom. The van der Waals surface area contributed by atoms with Gasteiger partial charge in [0.1, 0.15) is 17.2 Å². The van der Waals surface area contributed by atoms with Crippen LogP contribution in [0.1, 0.15) is 25.3 Å². The molecule has 0 aliphatic heterocycles. The summed E-state index contributed by atoms with van der Waals surface area (Å²) in [5.41, 5.74) is 6.67. The highest BCUT2D eigenvalue weighted by molar-refractivity contribution is 9.10. The summed E-state index contributed by atoms with van der Waals surface area (Å²) in [7, 11) is 0. The van der Waals surface area contributed by atoms with Crippen LogP contribution in [0.5, 0.6) is 11.5 Å². The number of hydrogen-bond acceptors (Lipinski definition) is 4. The fourth-order valence-corrected chi connectivity index (χ4v) is 2.33. The second-order valence-corrected chi connectivity index (χ2v) is 5.83. The topological polar surface area (TPSA) is 78.4 Å². The lowest BCUT2D eigenvalue weighted by molar-refractivity contribution is -0.383. The van der Waals surface area contributed by atoms with Gasteiger partial charge in [0, 0.05) is 16.6 Å². The highest BCUT2D eigenvalue weighted by Gasteiger charge is 2.14. The van der Waals surface area contributed by atoms with Gasteiger partial charge in [-0.1, -0.05) is 29.8 Å². The second-order valence-electron chi connectivity index (χ2n) is 4.92. The average Bonchev–Trinajstić information content (AvgIpc) is 2.40. The van der Waals surface area contributed by atoms with Crippen LogP contribution < -0.4 is 10.5 Å². The molecule has 0 bridgehead atoms. The Hall–Kier alpha value is -2.08. The van der Waals surface area contributed by atoms with Gasteiger partial charge in [-0.05, 0) is 35.7 Å². The first-order valence-corrected chi connectivity index (χ1v) is 7.19. The summed E-state index contributed by atoms with van der Waals surface area (Å²) >= 11 is 3.44. The number of halogens is 1. The van der Waals surface area contributed by atoms with Gasteiger partial charge < -0.3 is 10.5 Å². The lowest BCUT2D eigenvalue weighted by Crippen LogP contribution is -1.97. The van der Waals surface area contributed by atoms with Crippen molar-refractivity contribution >= 4 is 27.3 Å². The lowest BCUT2D eigenvalue weighted by Gasteiger charge is -2.14. The van der Waals surface area contributed by atoms with E-state index in [-0.39, 0.29) is 17.3 Å². The van der Waals surface area contributed by atoms with Crippen LogP contribution in [0.4, 0.5) is 11.4 Å². The van der Waals surface area contributed by atoms with Crippen LogP contribution in [0.3, 0.4) is 0 Å². The number of rotatable bonds is 4. The Balaban J connectivity index is 2.34. The van der Waals surface area contributed by atoms with E-state index in [9.17, 15) is 10.1 Å². The van der Waals surface area contributed by atoms with Gasteiger partial charge in [0.25, 0.3) is 5.69 Å². The maximum absolute atomic E-state index is 10.8. The number of benzene rings is 2. The largest absolute Gasteiger partial charge is 0.457 e. The first-order valence-electron chi connectivity index (χ1n) is 6.39. The van der Waals surface area contributed by atoms with Crippen molar-refractivity contribution in [2.24, 2.45) is 0 Å². The molecule has 0 aliphatic rings. The zero-order chi connectivity index (χ0) is 15.6. The molecule has 2 aromatic carbocycles. The Morgan fingerprint density at radius 2 is 1.95 bits per heavy atom. The predicted molar refractivity (Wildman–Crippen MR) is 85.8 cm³/mol. The number of nitro benzene ring substituents is 1. The molecule has 2 rings (SSSR count). The van der Waals surface area contributed by atoms with Crippen LogP contribution in [-0.2, 0) is 0 Å². The normalized spacial score (nSPS) is 10.7. The summed E-state index contributed by atoms with van der Waals surface area (Å²) in [6.07, 6.45) is 0. The number of ether oxygens (including phenoxy) is 1. The van der Waals surface area contributed by atoms with E-state index in [1.54, 1.807) is 6.07 Å². The van der Waals surface area contributed by atoms with E-state index in [1.807, 2.05) is 18.2 Å². The molecule has 0 atom stereocenters. The van der Waals surface area contributed by atoms with Gasteiger partial charge in [-0.15, -0.1) is 0 Å². The molecule has 0 saturated carbocycles. The monoisotopic (exact) mass is 350 g/mol. The fraction of sp³-hybridized carbons (Fsp3) is 0.200. The number of anilines is 1. The van der Waals surface area contributed by atoms with Crippen molar-refractivity contribution in [3.63, 3.8) is 0 Å². The minimum Gasteiger partial charge on any atom is -0.457 e. The smallest absolute Gasteiger partial charge is 0.292 e. The van der Waals surface area contributed by atoms with E-state index in [2.05, 4.69) is 29.8 Å². The van der Waals surface area contributed by atoms with E-state index in [0.717, 1.165) is 10.0 Å². The number of nitrogens with zero attached hydrogens (tertiary/aromatic N) is 1. The highest BCUT2D eigenvalue weighted by Crippen LogP contribution is 2.34. The fourth-order valence-electron chi connectivity index (χ4n) is 1.95. The minimum absolute atomic E-state index is 0.0840. The van der Waals surface area contributed by atoms with Crippen LogP contribution in [0.2, 0.25) is 0 Å². The standard InChI is InChI=1S/C15H15BrN2O3/c1-9(2)12-7-10(16)3-6-15(12)21-11-4-5-14(18(19)20)13(17)8-11/h3-9H,17H2,1-2H3. The summed E-state index contributed by atoms with van der Waals surface area (Å²) in [5, 5.41) is 10.8. The van der Waals surface area contributed by atoms with E-state index in [0.29, 0.717) is 11.5 Å². The molecule has 6 heteroatoms. The van der Waals surface area contributed by atoms with Crippen LogP contribution in [0.15, 0.2) is 40.9 Å². The van der Waals surface area contributed by atoms with Crippen molar-refractivity contribution in [3.8, 4) is 11.5 Å². The molecule has 5 nitrogen and oxygen atoms in total. The van der Waals surface area contributed by atoms with Gasteiger partial charge in [-0.2, -0.15) is 0 Å². The summed E-state index contributed by atoms with van der Waals surface area (Å²) in [6, 6.07) is 10.1. The van der Waals surface area contributed by atoms with Crippen molar-refractivity contribution in [1.82, 2.24) is 0 Å². The molecule has 0 saturated heterocycles. The summed E-state index contributed by atoms with van der Waals surface area (Å²) in [4.78, 5) is 10.2. The van der Waals surface area contributed by atoms with Crippen molar-refractivity contribution in [2.45, 2.75) is 19.8 Å². The van der Waals surface area contributed by atoms with Crippen LogP contribution in [0, 0.1) is 10.1 Å². The van der Waals surface area contributed by atoms with E-state index < -0.39 is 4.92 Å². The van der Waals surface area contributed by atoms with Crippen molar-refractivity contribution in [3.05, 3.63) is 56.5 Å². The third-order valence-electron chi connectivity index (χ3n) is 3.02. The minimum atomic E-state index is -0.516. The van der Waals surface area contributed by atoms with Gasteiger partial charge in [-0.25, -0.2) is 0 Å². The predicted octanol–water partition coefficient (Wildman–Crippen LogP) is 4.86. The Labute approximate surface area is 131 Å². The molecular formula is C15H15BrN2O3. The molecule has 2 aromatic rings. The van der Waals surface area contributed by atoms with E-state index >= 15 is 0 Å². The molecule has 0 heterocycles. The number of nitrogens with two attached hydrogens (primary N) is 1. The molecule has 0 fully saturated rings.